The van der Waals surface area contributed by atoms with E-state index in [1.165, 1.54) is 44.4 Å². The molecule has 0 atom stereocenters. The predicted octanol–water partition coefficient (Wildman–Crippen LogP) is 4.56. The average molecular weight is 276 g/mol. The van der Waals surface area contributed by atoms with E-state index in [0.717, 1.165) is 0 Å². The molecule has 3 aromatic rings. The average Bonchev–Trinajstić information content (AvgIpc) is 2.43. The van der Waals surface area contributed by atoms with Crippen molar-refractivity contribution in [1.82, 2.24) is 0 Å². The normalized spacial score (nSPS) is 11.1. The van der Waals surface area contributed by atoms with Crippen molar-refractivity contribution in [2.75, 3.05) is 0 Å². The molecule has 1 heteroatoms. The maximum Gasteiger partial charge on any atom is 0.213 e. The van der Waals surface area contributed by atoms with Gasteiger partial charge in [0.2, 0.25) is 11.2 Å². The first kappa shape index (κ1) is 13.8. The molecule has 0 radical (unpaired) electrons. The van der Waals surface area contributed by atoms with Crippen LogP contribution in [0.25, 0.3) is 22.2 Å². The number of nitrogens with zero attached hydrogens (tertiary/aromatic N) is 1. The minimum absolute atomic E-state index is 1.27. The first-order valence-electron chi connectivity index (χ1n) is 7.45. The van der Waals surface area contributed by atoms with Crippen LogP contribution in [0.15, 0.2) is 42.5 Å². The minimum Gasteiger partial charge on any atom is -0.194 e. The van der Waals surface area contributed by atoms with Gasteiger partial charge in [0.1, 0.15) is 7.05 Å². The molecule has 0 N–H and O–H groups in total. The van der Waals surface area contributed by atoms with Crippen LogP contribution in [-0.2, 0) is 7.05 Å². The van der Waals surface area contributed by atoms with E-state index in [1.54, 1.807) is 0 Å². The van der Waals surface area contributed by atoms with Gasteiger partial charge in [0.25, 0.3) is 0 Å². The first-order chi connectivity index (χ1) is 9.97. The van der Waals surface area contributed by atoms with Crippen molar-refractivity contribution in [3.05, 3.63) is 64.7 Å². The van der Waals surface area contributed by atoms with Crippen molar-refractivity contribution in [2.24, 2.45) is 7.05 Å². The quantitative estimate of drug-likeness (QED) is 0.573. The van der Waals surface area contributed by atoms with Crippen LogP contribution in [0.1, 0.15) is 22.3 Å². The molecule has 0 fully saturated rings. The number of benzene rings is 2. The highest BCUT2D eigenvalue weighted by atomic mass is 14.9. The molecule has 106 valence electrons. The minimum atomic E-state index is 1.27. The Hall–Kier alpha value is -2.15. The zero-order valence-corrected chi connectivity index (χ0v) is 13.5. The van der Waals surface area contributed by atoms with Gasteiger partial charge in [-0.15, -0.1) is 0 Å². The standard InChI is InChI=1S/C20H22N/c1-13-6-7-15(3)18(11-13)19-9-8-17-16(4)10-14(2)12-20(17)21(19)5/h6-12H,1-5H3/q+1. The third kappa shape index (κ3) is 2.33. The second kappa shape index (κ2) is 5.00. The highest BCUT2D eigenvalue weighted by molar-refractivity contribution is 5.82. The predicted molar refractivity (Wildman–Crippen MR) is 89.5 cm³/mol. The van der Waals surface area contributed by atoms with E-state index >= 15 is 0 Å². The summed E-state index contributed by atoms with van der Waals surface area (Å²) < 4.78 is 2.32. The molecule has 3 rings (SSSR count). The van der Waals surface area contributed by atoms with Crippen molar-refractivity contribution in [3.8, 4) is 11.3 Å². The maximum atomic E-state index is 2.32. The van der Waals surface area contributed by atoms with Crippen LogP contribution in [0.3, 0.4) is 0 Å². The molecule has 0 unspecified atom stereocenters. The fourth-order valence-corrected chi connectivity index (χ4v) is 3.14. The second-order valence-electron chi connectivity index (χ2n) is 6.11. The lowest BCUT2D eigenvalue weighted by molar-refractivity contribution is -0.633. The second-order valence-corrected chi connectivity index (χ2v) is 6.11. The van der Waals surface area contributed by atoms with Crippen LogP contribution in [0.2, 0.25) is 0 Å². The molecule has 0 aliphatic rings. The summed E-state index contributed by atoms with van der Waals surface area (Å²) in [6.07, 6.45) is 0. The Morgan fingerprint density at radius 2 is 1.48 bits per heavy atom. The van der Waals surface area contributed by atoms with Gasteiger partial charge in [-0.3, -0.25) is 0 Å². The van der Waals surface area contributed by atoms with Crippen LogP contribution in [-0.4, -0.2) is 0 Å². The number of hydrogen-bond acceptors (Lipinski definition) is 0. The third-order valence-electron chi connectivity index (χ3n) is 4.31. The van der Waals surface area contributed by atoms with Crippen LogP contribution in [0.4, 0.5) is 0 Å². The molecule has 21 heavy (non-hydrogen) atoms. The zero-order chi connectivity index (χ0) is 15.1. The van der Waals surface area contributed by atoms with Gasteiger partial charge in [0.05, 0.1) is 0 Å². The fraction of sp³-hybridized carbons (Fsp3) is 0.250. The number of rotatable bonds is 1. The monoisotopic (exact) mass is 276 g/mol. The zero-order valence-electron chi connectivity index (χ0n) is 13.5. The number of hydrogen-bond donors (Lipinski definition) is 0. The van der Waals surface area contributed by atoms with Crippen molar-refractivity contribution >= 4 is 10.9 Å². The van der Waals surface area contributed by atoms with Crippen molar-refractivity contribution < 1.29 is 4.57 Å². The van der Waals surface area contributed by atoms with Crippen LogP contribution in [0.5, 0.6) is 0 Å². The SMILES string of the molecule is Cc1ccc(C)c(-c2ccc3c(C)cc(C)cc3[n+]2C)c1. The molecule has 0 bridgehead atoms. The smallest absolute Gasteiger partial charge is 0.194 e. The van der Waals surface area contributed by atoms with Crippen LogP contribution < -0.4 is 4.57 Å². The molecular formula is C20H22N+. The number of pyridine rings is 1. The highest BCUT2D eigenvalue weighted by Crippen LogP contribution is 2.25. The van der Waals surface area contributed by atoms with Gasteiger partial charge < -0.3 is 0 Å². The number of aryl methyl sites for hydroxylation is 5. The Kier molecular flexibility index (Phi) is 3.29. The third-order valence-corrected chi connectivity index (χ3v) is 4.31. The van der Waals surface area contributed by atoms with Crippen LogP contribution in [0, 0.1) is 27.7 Å². The Labute approximate surface area is 126 Å². The number of fused-ring (bicyclic) bond motifs is 1. The summed E-state index contributed by atoms with van der Waals surface area (Å²) in [7, 11) is 2.16. The van der Waals surface area contributed by atoms with Gasteiger partial charge in [-0.2, -0.15) is 4.57 Å². The summed E-state index contributed by atoms with van der Waals surface area (Å²) in [6.45, 7) is 8.68. The molecule has 0 amide bonds. The van der Waals surface area contributed by atoms with Crippen molar-refractivity contribution in [1.29, 1.82) is 0 Å². The molecular weight excluding hydrogens is 254 g/mol. The van der Waals surface area contributed by atoms with Gasteiger partial charge in [-0.05, 0) is 56.5 Å². The van der Waals surface area contributed by atoms with E-state index in [4.69, 9.17) is 0 Å². The molecule has 0 saturated heterocycles. The Balaban J connectivity index is 2.35. The van der Waals surface area contributed by atoms with Gasteiger partial charge in [0.15, 0.2) is 0 Å². The van der Waals surface area contributed by atoms with E-state index < -0.39 is 0 Å². The largest absolute Gasteiger partial charge is 0.213 e. The summed E-state index contributed by atoms with van der Waals surface area (Å²) in [4.78, 5) is 0. The lowest BCUT2D eigenvalue weighted by Crippen LogP contribution is -2.32. The molecule has 0 aliphatic carbocycles. The lowest BCUT2D eigenvalue weighted by atomic mass is 9.99. The van der Waals surface area contributed by atoms with Crippen molar-refractivity contribution in [2.45, 2.75) is 27.7 Å². The topological polar surface area (TPSA) is 3.88 Å². The summed E-state index contributed by atoms with van der Waals surface area (Å²) in [5.41, 5.74) is 9.16. The molecule has 1 nitrogen and oxygen atoms in total. The van der Waals surface area contributed by atoms with Gasteiger partial charge in [-0.25, -0.2) is 0 Å². The first-order valence-corrected chi connectivity index (χ1v) is 7.45. The van der Waals surface area contributed by atoms with Crippen LogP contribution >= 0.6 is 0 Å². The Morgan fingerprint density at radius 1 is 0.714 bits per heavy atom. The number of aromatic nitrogens is 1. The highest BCUT2D eigenvalue weighted by Gasteiger charge is 2.17. The Morgan fingerprint density at radius 3 is 2.24 bits per heavy atom. The maximum absolute atomic E-state index is 2.32. The van der Waals surface area contributed by atoms with Crippen molar-refractivity contribution in [3.63, 3.8) is 0 Å². The summed E-state index contributed by atoms with van der Waals surface area (Å²) in [5, 5.41) is 1.33. The van der Waals surface area contributed by atoms with Gasteiger partial charge >= 0.3 is 0 Å². The molecule has 0 spiro atoms. The molecule has 1 heterocycles. The molecule has 2 aromatic carbocycles. The molecule has 0 aliphatic heterocycles. The summed E-state index contributed by atoms with van der Waals surface area (Å²) in [6, 6.07) is 15.7. The van der Waals surface area contributed by atoms with E-state index in [9.17, 15) is 0 Å². The molecule has 1 aromatic heterocycles. The van der Waals surface area contributed by atoms with Gasteiger partial charge in [0, 0.05) is 23.1 Å². The Bertz CT molecular complexity index is 844. The van der Waals surface area contributed by atoms with E-state index in [-0.39, 0.29) is 0 Å². The van der Waals surface area contributed by atoms with E-state index in [0.29, 0.717) is 0 Å². The van der Waals surface area contributed by atoms with E-state index in [1.807, 2.05) is 0 Å². The van der Waals surface area contributed by atoms with E-state index in [2.05, 4.69) is 81.8 Å². The fourth-order valence-electron chi connectivity index (χ4n) is 3.14. The summed E-state index contributed by atoms with van der Waals surface area (Å²) in [5.74, 6) is 0. The van der Waals surface area contributed by atoms with Gasteiger partial charge in [-0.1, -0.05) is 23.8 Å². The summed E-state index contributed by atoms with van der Waals surface area (Å²) >= 11 is 0. The lowest BCUT2D eigenvalue weighted by Gasteiger charge is -2.09. The molecule has 0 saturated carbocycles.